The summed E-state index contributed by atoms with van der Waals surface area (Å²) in [5.41, 5.74) is 7.00. The van der Waals surface area contributed by atoms with Gasteiger partial charge in [-0.1, -0.05) is 0 Å². The van der Waals surface area contributed by atoms with Gasteiger partial charge < -0.3 is 11.1 Å². The maximum absolute atomic E-state index is 11.8. The van der Waals surface area contributed by atoms with Crippen LogP contribution in [0.4, 0.5) is 11.6 Å². The number of amides is 1. The van der Waals surface area contributed by atoms with Crippen LogP contribution in [0, 0.1) is 6.92 Å². The number of nitrogens with one attached hydrogen (secondary N) is 1. The Balaban J connectivity index is 2.17. The predicted molar refractivity (Wildman–Crippen MR) is 65.6 cm³/mol. The summed E-state index contributed by atoms with van der Waals surface area (Å²) >= 11 is 0. The molecular formula is C12H12N4O. The van der Waals surface area contributed by atoms with Gasteiger partial charge in [0, 0.05) is 18.0 Å². The van der Waals surface area contributed by atoms with E-state index in [-0.39, 0.29) is 5.91 Å². The van der Waals surface area contributed by atoms with Crippen molar-refractivity contribution in [3.05, 3.63) is 47.8 Å². The Kier molecular flexibility index (Phi) is 3.00. The Labute approximate surface area is 98.7 Å². The Morgan fingerprint density at radius 1 is 1.24 bits per heavy atom. The van der Waals surface area contributed by atoms with Gasteiger partial charge in [-0.3, -0.25) is 4.79 Å². The van der Waals surface area contributed by atoms with Crippen molar-refractivity contribution in [3.63, 3.8) is 0 Å². The average Bonchev–Trinajstić information content (AvgIpc) is 2.29. The lowest BCUT2D eigenvalue weighted by atomic mass is 10.2. The standard InChI is InChI=1S/C12H12N4O/c1-8-2-4-15-11(6-8)16-12(17)9-3-5-14-10(13)7-9/h2-7H,1H3,(H2,13,14)(H,15,16,17). The zero-order valence-corrected chi connectivity index (χ0v) is 9.34. The fraction of sp³-hybridized carbons (Fsp3) is 0.0833. The van der Waals surface area contributed by atoms with Crippen LogP contribution in [0.3, 0.4) is 0 Å². The molecular weight excluding hydrogens is 216 g/mol. The summed E-state index contributed by atoms with van der Waals surface area (Å²) in [5.74, 6) is 0.581. The second kappa shape index (κ2) is 4.61. The minimum atomic E-state index is -0.253. The van der Waals surface area contributed by atoms with Crippen molar-refractivity contribution >= 4 is 17.5 Å². The highest BCUT2D eigenvalue weighted by Gasteiger charge is 2.07. The van der Waals surface area contributed by atoms with E-state index in [1.54, 1.807) is 18.3 Å². The third kappa shape index (κ3) is 2.78. The molecule has 0 spiro atoms. The van der Waals surface area contributed by atoms with E-state index in [2.05, 4.69) is 15.3 Å². The molecule has 0 aliphatic rings. The van der Waals surface area contributed by atoms with Crippen LogP contribution in [0.15, 0.2) is 36.7 Å². The minimum Gasteiger partial charge on any atom is -0.384 e. The van der Waals surface area contributed by atoms with Crippen LogP contribution in [0.5, 0.6) is 0 Å². The highest BCUT2D eigenvalue weighted by molar-refractivity contribution is 6.04. The molecule has 0 aliphatic carbocycles. The fourth-order valence-corrected chi connectivity index (χ4v) is 1.38. The Morgan fingerprint density at radius 2 is 2.00 bits per heavy atom. The van der Waals surface area contributed by atoms with Crippen molar-refractivity contribution in [3.8, 4) is 0 Å². The van der Waals surface area contributed by atoms with E-state index in [0.29, 0.717) is 17.2 Å². The first-order valence-electron chi connectivity index (χ1n) is 5.11. The first-order chi connectivity index (χ1) is 8.15. The number of aryl methyl sites for hydroxylation is 1. The van der Waals surface area contributed by atoms with Gasteiger partial charge in [0.2, 0.25) is 0 Å². The van der Waals surface area contributed by atoms with Gasteiger partial charge in [-0.25, -0.2) is 9.97 Å². The number of anilines is 2. The average molecular weight is 228 g/mol. The quantitative estimate of drug-likeness (QED) is 0.818. The monoisotopic (exact) mass is 228 g/mol. The summed E-state index contributed by atoms with van der Waals surface area (Å²) in [6.07, 6.45) is 3.14. The summed E-state index contributed by atoms with van der Waals surface area (Å²) < 4.78 is 0. The number of pyridine rings is 2. The summed E-state index contributed by atoms with van der Waals surface area (Å²) in [5, 5.41) is 2.69. The van der Waals surface area contributed by atoms with Crippen LogP contribution in [0.2, 0.25) is 0 Å². The number of nitrogens with zero attached hydrogens (tertiary/aromatic N) is 2. The largest absolute Gasteiger partial charge is 0.384 e. The number of hydrogen-bond donors (Lipinski definition) is 2. The number of rotatable bonds is 2. The lowest BCUT2D eigenvalue weighted by Gasteiger charge is -2.05. The van der Waals surface area contributed by atoms with Crippen LogP contribution in [-0.2, 0) is 0 Å². The summed E-state index contributed by atoms with van der Waals surface area (Å²) in [4.78, 5) is 19.7. The van der Waals surface area contributed by atoms with Crippen LogP contribution >= 0.6 is 0 Å². The van der Waals surface area contributed by atoms with Crippen LogP contribution in [0.1, 0.15) is 15.9 Å². The van der Waals surface area contributed by atoms with Gasteiger partial charge in [0.05, 0.1) is 0 Å². The highest BCUT2D eigenvalue weighted by atomic mass is 16.1. The van der Waals surface area contributed by atoms with Gasteiger partial charge in [0.1, 0.15) is 11.6 Å². The van der Waals surface area contributed by atoms with E-state index >= 15 is 0 Å². The van der Waals surface area contributed by atoms with E-state index in [1.165, 1.54) is 12.3 Å². The van der Waals surface area contributed by atoms with Gasteiger partial charge in [0.25, 0.3) is 5.91 Å². The molecule has 0 radical (unpaired) electrons. The molecule has 0 bridgehead atoms. The molecule has 2 heterocycles. The molecule has 5 heteroatoms. The molecule has 0 atom stereocenters. The number of carbonyl (C=O) groups excluding carboxylic acids is 1. The van der Waals surface area contributed by atoms with Crippen molar-refractivity contribution < 1.29 is 4.79 Å². The van der Waals surface area contributed by atoms with Gasteiger partial charge in [-0.15, -0.1) is 0 Å². The minimum absolute atomic E-state index is 0.253. The molecule has 3 N–H and O–H groups in total. The molecule has 0 aliphatic heterocycles. The number of hydrogen-bond acceptors (Lipinski definition) is 4. The van der Waals surface area contributed by atoms with Crippen molar-refractivity contribution in [1.82, 2.24) is 9.97 Å². The molecule has 2 aromatic rings. The van der Waals surface area contributed by atoms with Crippen LogP contribution in [-0.4, -0.2) is 15.9 Å². The van der Waals surface area contributed by atoms with Crippen molar-refractivity contribution in [2.75, 3.05) is 11.1 Å². The van der Waals surface area contributed by atoms with Crippen LogP contribution in [0.25, 0.3) is 0 Å². The topological polar surface area (TPSA) is 80.9 Å². The molecule has 0 fully saturated rings. The molecule has 17 heavy (non-hydrogen) atoms. The maximum Gasteiger partial charge on any atom is 0.257 e. The SMILES string of the molecule is Cc1ccnc(NC(=O)c2ccnc(N)c2)c1. The summed E-state index contributed by atoms with van der Waals surface area (Å²) in [6.45, 7) is 1.93. The van der Waals surface area contributed by atoms with Gasteiger partial charge in [-0.05, 0) is 36.8 Å². The van der Waals surface area contributed by atoms with Crippen molar-refractivity contribution in [2.45, 2.75) is 6.92 Å². The van der Waals surface area contributed by atoms with E-state index < -0.39 is 0 Å². The molecule has 1 amide bonds. The molecule has 5 nitrogen and oxygen atoms in total. The normalized spacial score (nSPS) is 9.94. The van der Waals surface area contributed by atoms with Gasteiger partial charge in [-0.2, -0.15) is 0 Å². The van der Waals surface area contributed by atoms with E-state index in [0.717, 1.165) is 5.56 Å². The predicted octanol–water partition coefficient (Wildman–Crippen LogP) is 1.62. The molecule has 0 aromatic carbocycles. The Morgan fingerprint density at radius 3 is 2.71 bits per heavy atom. The zero-order valence-electron chi connectivity index (χ0n) is 9.34. The molecule has 86 valence electrons. The lowest BCUT2D eigenvalue weighted by Crippen LogP contribution is -2.13. The van der Waals surface area contributed by atoms with Crippen molar-refractivity contribution in [2.24, 2.45) is 0 Å². The summed E-state index contributed by atoms with van der Waals surface area (Å²) in [7, 11) is 0. The lowest BCUT2D eigenvalue weighted by molar-refractivity contribution is 0.102. The highest BCUT2D eigenvalue weighted by Crippen LogP contribution is 2.09. The van der Waals surface area contributed by atoms with Crippen molar-refractivity contribution in [1.29, 1.82) is 0 Å². The Bertz CT molecular complexity index is 554. The van der Waals surface area contributed by atoms with E-state index in [1.807, 2.05) is 13.0 Å². The molecule has 2 aromatic heterocycles. The summed E-state index contributed by atoms with van der Waals surface area (Å²) in [6, 6.07) is 6.77. The third-order valence-electron chi connectivity index (χ3n) is 2.20. The number of aromatic nitrogens is 2. The number of nitrogens with two attached hydrogens (primary N) is 1. The van der Waals surface area contributed by atoms with Crippen LogP contribution < -0.4 is 11.1 Å². The smallest absolute Gasteiger partial charge is 0.257 e. The van der Waals surface area contributed by atoms with Gasteiger partial charge in [0.15, 0.2) is 0 Å². The number of nitrogen functional groups attached to an aromatic ring is 1. The van der Waals surface area contributed by atoms with E-state index in [9.17, 15) is 4.79 Å². The molecule has 0 unspecified atom stereocenters. The zero-order chi connectivity index (χ0) is 12.3. The number of carbonyl (C=O) groups is 1. The molecule has 0 saturated carbocycles. The van der Waals surface area contributed by atoms with Gasteiger partial charge >= 0.3 is 0 Å². The maximum atomic E-state index is 11.8. The second-order valence-corrected chi connectivity index (χ2v) is 3.64. The van der Waals surface area contributed by atoms with E-state index in [4.69, 9.17) is 5.73 Å². The molecule has 0 saturated heterocycles. The fourth-order valence-electron chi connectivity index (χ4n) is 1.38. The third-order valence-corrected chi connectivity index (χ3v) is 2.20. The second-order valence-electron chi connectivity index (χ2n) is 3.64. The molecule has 2 rings (SSSR count). The Hall–Kier alpha value is -2.43. The first kappa shape index (κ1) is 11.1. The first-order valence-corrected chi connectivity index (χ1v) is 5.11.